The summed E-state index contributed by atoms with van der Waals surface area (Å²) in [6, 6.07) is 3.90. The van der Waals surface area contributed by atoms with E-state index in [-0.39, 0.29) is 23.3 Å². The van der Waals surface area contributed by atoms with Gasteiger partial charge in [-0.2, -0.15) is 0 Å². The average molecular weight is 330 g/mol. The molecule has 1 aliphatic rings. The number of carbonyl (C=O) groups excluding carboxylic acids is 2. The Morgan fingerprint density at radius 3 is 2.86 bits per heavy atom. The second-order valence-electron chi connectivity index (χ2n) is 4.39. The standard InChI is InChI=1S/C13H13ClFN3O2S/c1-16-13-18(2)12(20)10(21-13)6-11(19)17-7-3-4-9(15)8(14)5-7/h3-5,10H,6H2,1-2H3,(H,17,19)/t10-/m1/s1. The first-order valence-electron chi connectivity index (χ1n) is 6.08. The van der Waals surface area contributed by atoms with Crippen LogP contribution in [-0.2, 0) is 9.59 Å². The van der Waals surface area contributed by atoms with Crippen LogP contribution in [-0.4, -0.2) is 41.2 Å². The van der Waals surface area contributed by atoms with Crippen molar-refractivity contribution in [1.82, 2.24) is 4.90 Å². The number of hydrogen-bond acceptors (Lipinski definition) is 4. The molecule has 1 aliphatic heterocycles. The van der Waals surface area contributed by atoms with Gasteiger partial charge in [0.2, 0.25) is 11.8 Å². The van der Waals surface area contributed by atoms with E-state index >= 15 is 0 Å². The molecule has 0 unspecified atom stereocenters. The largest absolute Gasteiger partial charge is 0.326 e. The molecule has 8 heteroatoms. The van der Waals surface area contributed by atoms with Gasteiger partial charge in [-0.25, -0.2) is 4.39 Å². The number of benzene rings is 1. The van der Waals surface area contributed by atoms with Crippen LogP contribution in [0.1, 0.15) is 6.42 Å². The number of carbonyl (C=O) groups is 2. The predicted octanol–water partition coefficient (Wildman–Crippen LogP) is 2.37. The van der Waals surface area contributed by atoms with E-state index in [0.29, 0.717) is 10.9 Å². The maximum absolute atomic E-state index is 13.0. The predicted molar refractivity (Wildman–Crippen MR) is 82.2 cm³/mol. The number of aliphatic imine (C=N–C) groups is 1. The minimum atomic E-state index is -0.554. The summed E-state index contributed by atoms with van der Waals surface area (Å²) in [6.07, 6.45) is 0.0157. The first-order valence-corrected chi connectivity index (χ1v) is 7.34. The van der Waals surface area contributed by atoms with Crippen LogP contribution in [0.15, 0.2) is 23.2 Å². The van der Waals surface area contributed by atoms with Gasteiger partial charge in [-0.05, 0) is 18.2 Å². The smallest absolute Gasteiger partial charge is 0.242 e. The molecule has 1 aromatic rings. The van der Waals surface area contributed by atoms with Crippen molar-refractivity contribution in [1.29, 1.82) is 0 Å². The second kappa shape index (κ2) is 6.44. The Kier molecular flexibility index (Phi) is 4.84. The number of anilines is 1. The molecule has 0 saturated carbocycles. The number of thioether (sulfide) groups is 1. The summed E-state index contributed by atoms with van der Waals surface area (Å²) in [4.78, 5) is 29.3. The van der Waals surface area contributed by atoms with Gasteiger partial charge in [-0.1, -0.05) is 23.4 Å². The molecule has 5 nitrogen and oxygen atoms in total. The average Bonchev–Trinajstić information content (AvgIpc) is 2.70. The highest BCUT2D eigenvalue weighted by atomic mass is 35.5. The minimum absolute atomic E-state index is 0.0157. The van der Waals surface area contributed by atoms with Crippen molar-refractivity contribution in [2.24, 2.45) is 4.99 Å². The normalized spacial score (nSPS) is 20.2. The summed E-state index contributed by atoms with van der Waals surface area (Å²) in [5.74, 6) is -1.05. The van der Waals surface area contributed by atoms with E-state index in [0.717, 1.165) is 0 Å². The third-order valence-electron chi connectivity index (χ3n) is 2.91. The van der Waals surface area contributed by atoms with E-state index in [1.807, 2.05) is 0 Å². The van der Waals surface area contributed by atoms with Crippen LogP contribution in [0.4, 0.5) is 10.1 Å². The fraction of sp³-hybridized carbons (Fsp3) is 0.308. The number of nitrogens with one attached hydrogen (secondary N) is 1. The van der Waals surface area contributed by atoms with Crippen LogP contribution in [0.2, 0.25) is 5.02 Å². The highest BCUT2D eigenvalue weighted by molar-refractivity contribution is 8.15. The summed E-state index contributed by atoms with van der Waals surface area (Å²) < 4.78 is 13.0. The third-order valence-corrected chi connectivity index (χ3v) is 4.52. The van der Waals surface area contributed by atoms with Gasteiger partial charge < -0.3 is 5.32 Å². The molecule has 1 fully saturated rings. The SMILES string of the molecule is CN=C1S[C@H](CC(=O)Nc2ccc(F)c(Cl)c2)C(=O)N1C. The molecule has 2 rings (SSSR count). The molecule has 1 heterocycles. The van der Waals surface area contributed by atoms with E-state index < -0.39 is 11.1 Å². The zero-order valence-corrected chi connectivity index (χ0v) is 13.0. The van der Waals surface area contributed by atoms with Gasteiger partial charge in [-0.3, -0.25) is 19.5 Å². The molecule has 0 aliphatic carbocycles. The van der Waals surface area contributed by atoms with Crippen molar-refractivity contribution in [2.45, 2.75) is 11.7 Å². The molecule has 1 atom stereocenters. The molecule has 0 bridgehead atoms. The number of amides is 2. The van der Waals surface area contributed by atoms with Gasteiger partial charge in [0.05, 0.1) is 5.02 Å². The topological polar surface area (TPSA) is 61.8 Å². The third kappa shape index (κ3) is 3.54. The zero-order chi connectivity index (χ0) is 15.6. The van der Waals surface area contributed by atoms with Crippen LogP contribution in [0, 0.1) is 5.82 Å². The van der Waals surface area contributed by atoms with Crippen molar-refractivity contribution >= 4 is 46.0 Å². The first kappa shape index (κ1) is 15.8. The highest BCUT2D eigenvalue weighted by Crippen LogP contribution is 2.28. The fourth-order valence-electron chi connectivity index (χ4n) is 1.85. The molecule has 2 amide bonds. The van der Waals surface area contributed by atoms with Gasteiger partial charge in [0.1, 0.15) is 11.1 Å². The van der Waals surface area contributed by atoms with Crippen molar-refractivity contribution in [3.8, 4) is 0 Å². The van der Waals surface area contributed by atoms with Gasteiger partial charge in [0.15, 0.2) is 5.17 Å². The lowest BCUT2D eigenvalue weighted by molar-refractivity contribution is -0.127. The Balaban J connectivity index is 1.99. The van der Waals surface area contributed by atoms with Crippen LogP contribution in [0.3, 0.4) is 0 Å². The van der Waals surface area contributed by atoms with Crippen LogP contribution in [0.5, 0.6) is 0 Å². The zero-order valence-electron chi connectivity index (χ0n) is 11.4. The Labute approximate surface area is 130 Å². The molecule has 0 radical (unpaired) electrons. The maximum atomic E-state index is 13.0. The Morgan fingerprint density at radius 2 is 2.29 bits per heavy atom. The lowest BCUT2D eigenvalue weighted by Gasteiger charge is -2.09. The number of nitrogens with zero attached hydrogens (tertiary/aromatic N) is 2. The van der Waals surface area contributed by atoms with Gasteiger partial charge in [0, 0.05) is 26.2 Å². The Morgan fingerprint density at radius 1 is 1.57 bits per heavy atom. The van der Waals surface area contributed by atoms with Crippen molar-refractivity contribution < 1.29 is 14.0 Å². The van der Waals surface area contributed by atoms with Crippen molar-refractivity contribution in [2.75, 3.05) is 19.4 Å². The monoisotopic (exact) mass is 329 g/mol. The first-order chi connectivity index (χ1) is 9.92. The molecule has 0 aromatic heterocycles. The summed E-state index contributed by atoms with van der Waals surface area (Å²) >= 11 is 6.89. The van der Waals surface area contributed by atoms with Gasteiger partial charge >= 0.3 is 0 Å². The molecular weight excluding hydrogens is 317 g/mol. The lowest BCUT2D eigenvalue weighted by Crippen LogP contribution is -2.30. The lowest BCUT2D eigenvalue weighted by atomic mass is 10.2. The van der Waals surface area contributed by atoms with E-state index in [9.17, 15) is 14.0 Å². The van der Waals surface area contributed by atoms with E-state index in [2.05, 4.69) is 10.3 Å². The quantitative estimate of drug-likeness (QED) is 0.926. The second-order valence-corrected chi connectivity index (χ2v) is 5.97. The van der Waals surface area contributed by atoms with Gasteiger partial charge in [0.25, 0.3) is 0 Å². The van der Waals surface area contributed by atoms with Gasteiger partial charge in [-0.15, -0.1) is 0 Å². The van der Waals surface area contributed by atoms with E-state index in [4.69, 9.17) is 11.6 Å². The van der Waals surface area contributed by atoms with Crippen LogP contribution >= 0.6 is 23.4 Å². The fourth-order valence-corrected chi connectivity index (χ4v) is 3.14. The summed E-state index contributed by atoms with van der Waals surface area (Å²) in [5, 5.41) is 2.61. The molecule has 112 valence electrons. The van der Waals surface area contributed by atoms with E-state index in [1.165, 1.54) is 34.9 Å². The van der Waals surface area contributed by atoms with Crippen LogP contribution < -0.4 is 5.32 Å². The summed E-state index contributed by atoms with van der Waals surface area (Å²) in [7, 11) is 3.21. The van der Waals surface area contributed by atoms with E-state index in [1.54, 1.807) is 14.1 Å². The summed E-state index contributed by atoms with van der Waals surface area (Å²) in [6.45, 7) is 0. The van der Waals surface area contributed by atoms with Crippen molar-refractivity contribution in [3.05, 3.63) is 29.0 Å². The molecular formula is C13H13ClFN3O2S. The summed E-state index contributed by atoms with van der Waals surface area (Å²) in [5.41, 5.74) is 0.389. The number of hydrogen-bond donors (Lipinski definition) is 1. The Bertz CT molecular complexity index is 623. The number of rotatable bonds is 3. The number of amidine groups is 1. The van der Waals surface area contributed by atoms with Crippen LogP contribution in [0.25, 0.3) is 0 Å². The number of halogens is 2. The molecule has 0 spiro atoms. The molecule has 1 aromatic carbocycles. The Hall–Kier alpha value is -1.60. The molecule has 21 heavy (non-hydrogen) atoms. The maximum Gasteiger partial charge on any atom is 0.242 e. The molecule has 1 N–H and O–H groups in total. The molecule has 1 saturated heterocycles. The minimum Gasteiger partial charge on any atom is -0.326 e. The van der Waals surface area contributed by atoms with Crippen molar-refractivity contribution in [3.63, 3.8) is 0 Å². The highest BCUT2D eigenvalue weighted by Gasteiger charge is 2.36.